The zero-order chi connectivity index (χ0) is 19.5. The number of fused-ring (bicyclic) bond motifs is 1. The smallest absolute Gasteiger partial charge is 0.238 e. The third-order valence-corrected chi connectivity index (χ3v) is 6.46. The van der Waals surface area contributed by atoms with E-state index in [1.165, 1.54) is 0 Å². The molecule has 1 aromatic carbocycles. The number of carbonyl (C=O) groups excluding carboxylic acids is 1. The molecule has 4 atom stereocenters. The molecule has 3 heterocycles. The first kappa shape index (κ1) is 18.6. The Balaban J connectivity index is 1.36. The Bertz CT molecular complexity index is 929. The van der Waals surface area contributed by atoms with Crippen LogP contribution >= 0.6 is 11.3 Å². The van der Waals surface area contributed by atoms with Crippen molar-refractivity contribution in [3.63, 3.8) is 0 Å². The summed E-state index contributed by atoms with van der Waals surface area (Å²) in [6.45, 7) is 1.36. The van der Waals surface area contributed by atoms with Crippen LogP contribution in [0.2, 0.25) is 0 Å². The topological polar surface area (TPSA) is 97.9 Å². The quantitative estimate of drug-likeness (QED) is 0.813. The summed E-state index contributed by atoms with van der Waals surface area (Å²) in [6, 6.07) is 15.2. The summed E-state index contributed by atoms with van der Waals surface area (Å²) in [5.74, 6) is 0.286. The number of benzene rings is 1. The highest BCUT2D eigenvalue weighted by atomic mass is 32.1. The van der Waals surface area contributed by atoms with Crippen molar-refractivity contribution in [3.8, 4) is 22.6 Å². The van der Waals surface area contributed by atoms with E-state index in [1.54, 1.807) is 23.5 Å². The zero-order valence-electron chi connectivity index (χ0n) is 15.2. The summed E-state index contributed by atoms with van der Waals surface area (Å²) >= 11 is 1.60. The molecule has 0 spiro atoms. The standard InChI is InChI=1S/C21H20N4O2S/c22-9-13-1-3-14(4-2-13)20-6-5-17(28-20)8-16(10-23)24-21(26)18-7-15-11-27-12-19(15)25-18/h1-6,15-16,18-19,25H,7-8,11-12H2,(H,24,26)/t15-,16+,18+,19+/m1/s1. The van der Waals surface area contributed by atoms with E-state index in [0.29, 0.717) is 31.1 Å². The van der Waals surface area contributed by atoms with Crippen molar-refractivity contribution >= 4 is 17.2 Å². The van der Waals surface area contributed by atoms with Crippen LogP contribution in [0.1, 0.15) is 16.9 Å². The third-order valence-electron chi connectivity index (χ3n) is 5.31. The molecule has 2 fully saturated rings. The van der Waals surface area contributed by atoms with Crippen LogP contribution in [0.5, 0.6) is 0 Å². The lowest BCUT2D eigenvalue weighted by Crippen LogP contribution is -2.47. The van der Waals surface area contributed by atoms with Crippen molar-refractivity contribution in [3.05, 3.63) is 46.8 Å². The SMILES string of the molecule is N#Cc1ccc(-c2ccc(C[C@@H](C#N)NC(=O)[C@@H]3C[C@@H]4COC[C@@H]4N3)s2)cc1. The maximum Gasteiger partial charge on any atom is 0.238 e. The van der Waals surface area contributed by atoms with E-state index in [2.05, 4.69) is 22.8 Å². The fraction of sp³-hybridized carbons (Fsp3) is 0.381. The molecule has 2 N–H and O–H groups in total. The second-order valence-electron chi connectivity index (χ2n) is 7.21. The van der Waals surface area contributed by atoms with E-state index in [9.17, 15) is 10.1 Å². The van der Waals surface area contributed by atoms with E-state index in [4.69, 9.17) is 10.00 Å². The fourth-order valence-corrected chi connectivity index (χ4v) is 4.84. The van der Waals surface area contributed by atoms with Crippen LogP contribution in [0.3, 0.4) is 0 Å². The number of thiophene rings is 1. The number of carbonyl (C=O) groups is 1. The van der Waals surface area contributed by atoms with Gasteiger partial charge in [-0.15, -0.1) is 11.3 Å². The van der Waals surface area contributed by atoms with Crippen LogP contribution in [-0.4, -0.2) is 37.2 Å². The second kappa shape index (κ2) is 8.12. The first-order valence-electron chi connectivity index (χ1n) is 9.29. The Kier molecular flexibility index (Phi) is 5.40. The van der Waals surface area contributed by atoms with Crippen LogP contribution in [0.25, 0.3) is 10.4 Å². The van der Waals surface area contributed by atoms with Gasteiger partial charge in [0.1, 0.15) is 6.04 Å². The Hall–Kier alpha value is -2.71. The van der Waals surface area contributed by atoms with Crippen LogP contribution in [0.4, 0.5) is 0 Å². The van der Waals surface area contributed by atoms with E-state index in [0.717, 1.165) is 21.7 Å². The highest BCUT2D eigenvalue weighted by molar-refractivity contribution is 7.15. The van der Waals surface area contributed by atoms with Crippen molar-refractivity contribution in [2.75, 3.05) is 13.2 Å². The Labute approximate surface area is 167 Å². The molecular formula is C21H20N4O2S. The molecule has 1 aromatic heterocycles. The number of nitriles is 2. The van der Waals surface area contributed by atoms with Gasteiger partial charge in [-0.2, -0.15) is 10.5 Å². The minimum atomic E-state index is -0.557. The average molecular weight is 392 g/mol. The minimum Gasteiger partial charge on any atom is -0.379 e. The van der Waals surface area contributed by atoms with Crippen molar-refractivity contribution in [2.45, 2.75) is 31.0 Å². The highest BCUT2D eigenvalue weighted by Crippen LogP contribution is 2.29. The molecule has 28 heavy (non-hydrogen) atoms. The number of amides is 1. The van der Waals surface area contributed by atoms with Crippen molar-refractivity contribution in [1.82, 2.24) is 10.6 Å². The second-order valence-corrected chi connectivity index (χ2v) is 8.38. The highest BCUT2D eigenvalue weighted by Gasteiger charge is 2.40. The number of rotatable bonds is 5. The minimum absolute atomic E-state index is 0.107. The average Bonchev–Trinajstić information content (AvgIpc) is 3.43. The molecule has 0 radical (unpaired) electrons. The lowest BCUT2D eigenvalue weighted by atomic mass is 10.0. The van der Waals surface area contributed by atoms with Crippen molar-refractivity contribution < 1.29 is 9.53 Å². The van der Waals surface area contributed by atoms with E-state index < -0.39 is 6.04 Å². The van der Waals surface area contributed by atoms with Gasteiger partial charge in [0.05, 0.1) is 37.0 Å². The molecule has 2 aliphatic rings. The number of hydrogen-bond acceptors (Lipinski definition) is 6. The predicted molar refractivity (Wildman–Crippen MR) is 105 cm³/mol. The number of hydrogen-bond donors (Lipinski definition) is 2. The van der Waals surface area contributed by atoms with E-state index in [1.807, 2.05) is 24.3 Å². The van der Waals surface area contributed by atoms with Crippen molar-refractivity contribution in [1.29, 1.82) is 10.5 Å². The Morgan fingerprint density at radius 3 is 2.79 bits per heavy atom. The van der Waals surface area contributed by atoms with Gasteiger partial charge in [-0.25, -0.2) is 0 Å². The van der Waals surface area contributed by atoms with Gasteiger partial charge >= 0.3 is 0 Å². The summed E-state index contributed by atoms with van der Waals surface area (Å²) < 4.78 is 5.41. The molecule has 7 heteroatoms. The molecule has 1 amide bonds. The molecule has 0 bridgehead atoms. The molecule has 6 nitrogen and oxygen atoms in total. The van der Waals surface area contributed by atoms with Gasteiger partial charge in [0.2, 0.25) is 5.91 Å². The third kappa shape index (κ3) is 3.93. The molecule has 2 aliphatic heterocycles. The molecule has 4 rings (SSSR count). The summed E-state index contributed by atoms with van der Waals surface area (Å²) in [6.07, 6.45) is 1.24. The predicted octanol–water partition coefficient (Wildman–Crippen LogP) is 2.21. The molecule has 142 valence electrons. The van der Waals surface area contributed by atoms with Gasteiger partial charge in [0.15, 0.2) is 0 Å². The number of nitrogens with zero attached hydrogens (tertiary/aromatic N) is 2. The van der Waals surface area contributed by atoms with Gasteiger partial charge in [0, 0.05) is 28.1 Å². The van der Waals surface area contributed by atoms with Gasteiger partial charge in [-0.05, 0) is 36.2 Å². The maximum absolute atomic E-state index is 12.5. The van der Waals surface area contributed by atoms with Crippen LogP contribution < -0.4 is 10.6 Å². The molecule has 2 saturated heterocycles. The van der Waals surface area contributed by atoms with Gasteiger partial charge in [-0.3, -0.25) is 4.79 Å². The number of ether oxygens (including phenoxy) is 1. The lowest BCUT2D eigenvalue weighted by molar-refractivity contribution is -0.123. The molecular weight excluding hydrogens is 372 g/mol. The van der Waals surface area contributed by atoms with E-state index >= 15 is 0 Å². The monoisotopic (exact) mass is 392 g/mol. The van der Waals surface area contributed by atoms with Gasteiger partial charge in [-0.1, -0.05) is 12.1 Å². The van der Waals surface area contributed by atoms with E-state index in [-0.39, 0.29) is 18.0 Å². The normalized spacial score (nSPS) is 24.1. The maximum atomic E-state index is 12.5. The summed E-state index contributed by atoms with van der Waals surface area (Å²) in [5.41, 5.74) is 1.67. The molecule has 0 saturated carbocycles. The zero-order valence-corrected chi connectivity index (χ0v) is 16.0. The summed E-state index contributed by atoms with van der Waals surface area (Å²) in [4.78, 5) is 14.6. The fourth-order valence-electron chi connectivity index (χ4n) is 3.78. The largest absolute Gasteiger partial charge is 0.379 e. The van der Waals surface area contributed by atoms with Crippen LogP contribution in [0, 0.1) is 28.6 Å². The summed E-state index contributed by atoms with van der Waals surface area (Å²) in [5, 5.41) is 24.6. The van der Waals surface area contributed by atoms with Crippen LogP contribution in [0.15, 0.2) is 36.4 Å². The first-order chi connectivity index (χ1) is 13.7. The first-order valence-corrected chi connectivity index (χ1v) is 10.1. The summed E-state index contributed by atoms with van der Waals surface area (Å²) in [7, 11) is 0. The molecule has 0 unspecified atom stereocenters. The number of nitrogens with one attached hydrogen (secondary N) is 2. The van der Waals surface area contributed by atoms with Gasteiger partial charge < -0.3 is 15.4 Å². The van der Waals surface area contributed by atoms with Crippen LogP contribution in [-0.2, 0) is 16.0 Å². The lowest BCUT2D eigenvalue weighted by Gasteiger charge is -2.16. The molecule has 0 aliphatic carbocycles. The van der Waals surface area contributed by atoms with Gasteiger partial charge in [0.25, 0.3) is 0 Å². The van der Waals surface area contributed by atoms with Crippen molar-refractivity contribution in [2.24, 2.45) is 5.92 Å². The Morgan fingerprint density at radius 1 is 1.25 bits per heavy atom. The molecule has 2 aromatic rings. The Morgan fingerprint density at radius 2 is 2.07 bits per heavy atom.